The van der Waals surface area contributed by atoms with Gasteiger partial charge in [0.1, 0.15) is 5.76 Å². The van der Waals surface area contributed by atoms with Gasteiger partial charge in [0.25, 0.3) is 0 Å². The van der Waals surface area contributed by atoms with E-state index in [1.165, 1.54) is 4.90 Å². The van der Waals surface area contributed by atoms with Crippen LogP contribution in [0.3, 0.4) is 0 Å². The number of hydrogen-bond donors (Lipinski definition) is 1. The predicted molar refractivity (Wildman–Crippen MR) is 51.2 cm³/mol. The molecule has 0 aliphatic heterocycles. The first-order valence-electron chi connectivity index (χ1n) is 4.61. The summed E-state index contributed by atoms with van der Waals surface area (Å²) < 4.78 is 5.09. The van der Waals surface area contributed by atoms with Gasteiger partial charge in [0.15, 0.2) is 5.82 Å². The van der Waals surface area contributed by atoms with E-state index < -0.39 is 0 Å². The van der Waals surface area contributed by atoms with Gasteiger partial charge in [-0.25, -0.2) is 4.79 Å². The summed E-state index contributed by atoms with van der Waals surface area (Å²) in [5.74, 6) is 1.89. The third-order valence-electron chi connectivity index (χ3n) is 2.15. The number of nitrogens with one attached hydrogen (secondary N) is 1. The second-order valence-electron chi connectivity index (χ2n) is 3.71. The van der Waals surface area contributed by atoms with Crippen LogP contribution in [0.2, 0.25) is 0 Å². The lowest BCUT2D eigenvalue weighted by atomic mass is 10.3. The largest absolute Gasteiger partial charge is 0.359 e. The van der Waals surface area contributed by atoms with E-state index >= 15 is 0 Å². The SMILES string of the molecule is CN(C)C(=O)Nc1cc(C2CC2)on1. The molecular formula is C9H13N3O2. The molecule has 2 amide bonds. The topological polar surface area (TPSA) is 58.4 Å². The van der Waals surface area contributed by atoms with Crippen LogP contribution in [0.25, 0.3) is 0 Å². The molecule has 0 atom stereocenters. The Balaban J connectivity index is 1.99. The molecule has 14 heavy (non-hydrogen) atoms. The summed E-state index contributed by atoms with van der Waals surface area (Å²) in [6, 6.07) is 1.60. The summed E-state index contributed by atoms with van der Waals surface area (Å²) in [5, 5.41) is 6.39. The van der Waals surface area contributed by atoms with Crippen molar-refractivity contribution in [2.24, 2.45) is 0 Å². The molecule has 1 aliphatic carbocycles. The molecule has 1 aliphatic rings. The van der Waals surface area contributed by atoms with Gasteiger partial charge in [0.2, 0.25) is 0 Å². The fraction of sp³-hybridized carbons (Fsp3) is 0.556. The summed E-state index contributed by atoms with van der Waals surface area (Å²) in [6.45, 7) is 0. The Labute approximate surface area is 82.1 Å². The molecule has 1 fully saturated rings. The van der Waals surface area contributed by atoms with E-state index in [4.69, 9.17) is 4.52 Å². The van der Waals surface area contributed by atoms with Gasteiger partial charge in [-0.05, 0) is 12.8 Å². The van der Waals surface area contributed by atoms with Gasteiger partial charge in [-0.3, -0.25) is 5.32 Å². The number of nitrogens with zero attached hydrogens (tertiary/aromatic N) is 2. The lowest BCUT2D eigenvalue weighted by molar-refractivity contribution is 0.230. The third-order valence-corrected chi connectivity index (χ3v) is 2.15. The molecular weight excluding hydrogens is 182 g/mol. The molecule has 5 nitrogen and oxygen atoms in total. The lowest BCUT2D eigenvalue weighted by Gasteiger charge is -2.08. The Morgan fingerprint density at radius 1 is 1.64 bits per heavy atom. The second kappa shape index (κ2) is 3.32. The summed E-state index contributed by atoms with van der Waals surface area (Å²) >= 11 is 0. The number of urea groups is 1. The quantitative estimate of drug-likeness (QED) is 0.780. The van der Waals surface area contributed by atoms with Crippen LogP contribution in [0, 0.1) is 0 Å². The van der Waals surface area contributed by atoms with Crippen molar-refractivity contribution in [3.8, 4) is 0 Å². The standard InChI is InChI=1S/C9H13N3O2/c1-12(2)9(13)10-8-5-7(14-11-8)6-3-4-6/h5-6H,3-4H2,1-2H3,(H,10,11,13). The van der Waals surface area contributed by atoms with Crippen LogP contribution < -0.4 is 5.32 Å². The van der Waals surface area contributed by atoms with Crippen molar-refractivity contribution >= 4 is 11.8 Å². The molecule has 2 rings (SSSR count). The maximum absolute atomic E-state index is 11.2. The zero-order valence-electron chi connectivity index (χ0n) is 8.28. The van der Waals surface area contributed by atoms with Crippen molar-refractivity contribution in [3.63, 3.8) is 0 Å². The number of rotatable bonds is 2. The van der Waals surface area contributed by atoms with Gasteiger partial charge in [-0.2, -0.15) is 0 Å². The van der Waals surface area contributed by atoms with Crippen LogP contribution in [-0.2, 0) is 0 Å². The maximum atomic E-state index is 11.2. The molecule has 0 radical (unpaired) electrons. The average molecular weight is 195 g/mol. The number of carbonyl (C=O) groups is 1. The van der Waals surface area contributed by atoms with Crippen LogP contribution in [0.15, 0.2) is 10.6 Å². The van der Waals surface area contributed by atoms with Crippen molar-refractivity contribution in [1.82, 2.24) is 10.1 Å². The molecule has 5 heteroatoms. The average Bonchev–Trinajstić information content (AvgIpc) is 2.88. The van der Waals surface area contributed by atoms with Gasteiger partial charge in [0, 0.05) is 26.1 Å². The van der Waals surface area contributed by atoms with Crippen LogP contribution in [0.4, 0.5) is 10.6 Å². The highest BCUT2D eigenvalue weighted by Crippen LogP contribution is 2.40. The van der Waals surface area contributed by atoms with Crippen LogP contribution in [-0.4, -0.2) is 30.2 Å². The monoisotopic (exact) mass is 195 g/mol. The highest BCUT2D eigenvalue weighted by molar-refractivity contribution is 5.87. The van der Waals surface area contributed by atoms with Crippen molar-refractivity contribution in [2.45, 2.75) is 18.8 Å². The Kier molecular flexibility index (Phi) is 2.15. The fourth-order valence-electron chi connectivity index (χ4n) is 1.13. The van der Waals surface area contributed by atoms with E-state index in [0.29, 0.717) is 11.7 Å². The van der Waals surface area contributed by atoms with Gasteiger partial charge >= 0.3 is 6.03 Å². The Morgan fingerprint density at radius 2 is 2.36 bits per heavy atom. The van der Waals surface area contributed by atoms with Gasteiger partial charge in [-0.15, -0.1) is 0 Å². The molecule has 1 heterocycles. The third kappa shape index (κ3) is 1.86. The molecule has 1 aromatic rings. The van der Waals surface area contributed by atoms with Crippen molar-refractivity contribution in [1.29, 1.82) is 0 Å². The van der Waals surface area contributed by atoms with E-state index in [0.717, 1.165) is 18.6 Å². The van der Waals surface area contributed by atoms with E-state index in [9.17, 15) is 4.79 Å². The molecule has 0 spiro atoms. The summed E-state index contributed by atoms with van der Waals surface area (Å²) in [7, 11) is 3.36. The molecule has 0 saturated heterocycles. The maximum Gasteiger partial charge on any atom is 0.322 e. The highest BCUT2D eigenvalue weighted by Gasteiger charge is 2.28. The molecule has 0 unspecified atom stereocenters. The van der Waals surface area contributed by atoms with Crippen molar-refractivity contribution in [2.75, 3.05) is 19.4 Å². The zero-order valence-corrected chi connectivity index (χ0v) is 8.28. The van der Waals surface area contributed by atoms with E-state index in [1.54, 1.807) is 20.2 Å². The Morgan fingerprint density at radius 3 is 2.93 bits per heavy atom. The molecule has 1 saturated carbocycles. The van der Waals surface area contributed by atoms with E-state index in [2.05, 4.69) is 10.5 Å². The van der Waals surface area contributed by atoms with E-state index in [1.807, 2.05) is 0 Å². The van der Waals surface area contributed by atoms with Crippen LogP contribution in [0.1, 0.15) is 24.5 Å². The van der Waals surface area contributed by atoms with Gasteiger partial charge in [0.05, 0.1) is 0 Å². The minimum atomic E-state index is -0.194. The number of amides is 2. The minimum absolute atomic E-state index is 0.194. The Bertz CT molecular complexity index is 342. The van der Waals surface area contributed by atoms with Crippen molar-refractivity contribution < 1.29 is 9.32 Å². The zero-order chi connectivity index (χ0) is 10.1. The first-order valence-corrected chi connectivity index (χ1v) is 4.61. The van der Waals surface area contributed by atoms with Crippen molar-refractivity contribution in [3.05, 3.63) is 11.8 Å². The number of hydrogen-bond acceptors (Lipinski definition) is 3. The number of carbonyl (C=O) groups excluding carboxylic acids is 1. The molecule has 1 aromatic heterocycles. The lowest BCUT2D eigenvalue weighted by Crippen LogP contribution is -2.27. The first-order chi connectivity index (χ1) is 6.66. The Hall–Kier alpha value is -1.52. The van der Waals surface area contributed by atoms with Crippen LogP contribution >= 0.6 is 0 Å². The van der Waals surface area contributed by atoms with Gasteiger partial charge in [-0.1, -0.05) is 5.16 Å². The van der Waals surface area contributed by atoms with Gasteiger partial charge < -0.3 is 9.42 Å². The molecule has 0 bridgehead atoms. The fourth-order valence-corrected chi connectivity index (χ4v) is 1.13. The number of aromatic nitrogens is 1. The molecule has 76 valence electrons. The minimum Gasteiger partial charge on any atom is -0.359 e. The first kappa shape index (κ1) is 9.05. The predicted octanol–water partition coefficient (Wildman–Crippen LogP) is 1.65. The highest BCUT2D eigenvalue weighted by atomic mass is 16.5. The van der Waals surface area contributed by atoms with Crippen LogP contribution in [0.5, 0.6) is 0 Å². The molecule has 0 aromatic carbocycles. The molecule has 1 N–H and O–H groups in total. The summed E-state index contributed by atoms with van der Waals surface area (Å²) in [6.07, 6.45) is 2.33. The number of anilines is 1. The summed E-state index contributed by atoms with van der Waals surface area (Å²) in [5.41, 5.74) is 0. The second-order valence-corrected chi connectivity index (χ2v) is 3.71. The normalized spacial score (nSPS) is 15.3. The van der Waals surface area contributed by atoms with E-state index in [-0.39, 0.29) is 6.03 Å². The smallest absolute Gasteiger partial charge is 0.322 e. The summed E-state index contributed by atoms with van der Waals surface area (Å²) in [4.78, 5) is 12.7.